The molecule has 0 saturated heterocycles. The van der Waals surface area contributed by atoms with E-state index in [2.05, 4.69) is 5.32 Å². The van der Waals surface area contributed by atoms with Crippen LogP contribution in [0.25, 0.3) is 0 Å². The molecule has 1 atom stereocenters. The lowest BCUT2D eigenvalue weighted by Crippen LogP contribution is -3.08. The monoisotopic (exact) mass is 344 g/mol. The SMILES string of the molecule is CCOc1ccc(C[NH+](C)CC(=O)Nc2ccccc2[N+](=O)[O-])cc1. The van der Waals surface area contributed by atoms with E-state index in [1.165, 1.54) is 12.1 Å². The van der Waals surface area contributed by atoms with Gasteiger partial charge in [-0.2, -0.15) is 0 Å². The lowest BCUT2D eigenvalue weighted by molar-refractivity contribution is -0.885. The largest absolute Gasteiger partial charge is 0.494 e. The second-order valence-corrected chi connectivity index (χ2v) is 5.71. The highest BCUT2D eigenvalue weighted by molar-refractivity contribution is 5.93. The molecule has 0 aromatic heterocycles. The average Bonchev–Trinajstić information content (AvgIpc) is 2.57. The second kappa shape index (κ2) is 8.79. The quantitative estimate of drug-likeness (QED) is 0.563. The number of ether oxygens (including phenoxy) is 1. The Morgan fingerprint density at radius 2 is 1.88 bits per heavy atom. The first-order valence-corrected chi connectivity index (χ1v) is 8.06. The van der Waals surface area contributed by atoms with Gasteiger partial charge in [0.1, 0.15) is 18.0 Å². The topological polar surface area (TPSA) is 85.9 Å². The maximum atomic E-state index is 12.2. The van der Waals surface area contributed by atoms with Gasteiger partial charge in [0.15, 0.2) is 6.54 Å². The number of carbonyl (C=O) groups is 1. The average molecular weight is 344 g/mol. The summed E-state index contributed by atoms with van der Waals surface area (Å²) in [6.07, 6.45) is 0. The molecule has 0 bridgehead atoms. The van der Waals surface area contributed by atoms with E-state index in [-0.39, 0.29) is 23.8 Å². The van der Waals surface area contributed by atoms with Gasteiger partial charge >= 0.3 is 0 Å². The molecule has 0 aliphatic carbocycles. The number of hydrogen-bond donors (Lipinski definition) is 2. The Hall–Kier alpha value is -2.93. The van der Waals surface area contributed by atoms with Gasteiger partial charge in [-0.1, -0.05) is 12.1 Å². The van der Waals surface area contributed by atoms with Crippen molar-refractivity contribution in [2.24, 2.45) is 0 Å². The number of quaternary nitrogens is 1. The van der Waals surface area contributed by atoms with Crippen LogP contribution in [0.1, 0.15) is 12.5 Å². The zero-order valence-corrected chi connectivity index (χ0v) is 14.3. The number of hydrogen-bond acceptors (Lipinski definition) is 4. The number of anilines is 1. The maximum Gasteiger partial charge on any atom is 0.292 e. The summed E-state index contributed by atoms with van der Waals surface area (Å²) in [5.41, 5.74) is 1.19. The van der Waals surface area contributed by atoms with Crippen LogP contribution in [0.4, 0.5) is 11.4 Å². The molecule has 2 rings (SSSR count). The van der Waals surface area contributed by atoms with E-state index in [0.717, 1.165) is 16.2 Å². The zero-order chi connectivity index (χ0) is 18.2. The highest BCUT2D eigenvalue weighted by Gasteiger charge is 2.17. The molecule has 7 heteroatoms. The summed E-state index contributed by atoms with van der Waals surface area (Å²) in [5.74, 6) is 0.552. The number of nitro benzene ring substituents is 1. The molecule has 25 heavy (non-hydrogen) atoms. The molecule has 0 heterocycles. The summed E-state index contributed by atoms with van der Waals surface area (Å²) in [7, 11) is 1.90. The molecule has 2 aromatic carbocycles. The minimum Gasteiger partial charge on any atom is -0.494 e. The van der Waals surface area contributed by atoms with Gasteiger partial charge in [0.2, 0.25) is 0 Å². The van der Waals surface area contributed by atoms with E-state index in [9.17, 15) is 14.9 Å². The molecule has 7 nitrogen and oxygen atoms in total. The molecular weight excluding hydrogens is 322 g/mol. The van der Waals surface area contributed by atoms with Crippen molar-refractivity contribution in [1.29, 1.82) is 0 Å². The highest BCUT2D eigenvalue weighted by Crippen LogP contribution is 2.22. The molecular formula is C18H22N3O4+. The summed E-state index contributed by atoms with van der Waals surface area (Å²) >= 11 is 0. The normalized spacial score (nSPS) is 11.6. The van der Waals surface area contributed by atoms with Crippen LogP contribution >= 0.6 is 0 Å². The maximum absolute atomic E-state index is 12.2. The van der Waals surface area contributed by atoms with Gasteiger partial charge in [0, 0.05) is 11.6 Å². The summed E-state index contributed by atoms with van der Waals surface area (Å²) in [4.78, 5) is 23.6. The fourth-order valence-corrected chi connectivity index (χ4v) is 2.49. The summed E-state index contributed by atoms with van der Waals surface area (Å²) in [6.45, 7) is 3.42. The van der Waals surface area contributed by atoms with E-state index in [1.54, 1.807) is 12.1 Å². The molecule has 1 amide bonds. The Labute approximate surface area is 146 Å². The molecule has 1 unspecified atom stereocenters. The number of nitrogens with zero attached hydrogens (tertiary/aromatic N) is 1. The Kier molecular flexibility index (Phi) is 6.47. The van der Waals surface area contributed by atoms with Crippen molar-refractivity contribution in [2.75, 3.05) is 25.5 Å². The molecule has 132 valence electrons. The van der Waals surface area contributed by atoms with Crippen LogP contribution in [0.2, 0.25) is 0 Å². The van der Waals surface area contributed by atoms with E-state index in [4.69, 9.17) is 4.74 Å². The highest BCUT2D eigenvalue weighted by atomic mass is 16.6. The zero-order valence-electron chi connectivity index (χ0n) is 14.3. The summed E-state index contributed by atoms with van der Waals surface area (Å²) in [5, 5.41) is 13.6. The number of rotatable bonds is 8. The second-order valence-electron chi connectivity index (χ2n) is 5.71. The molecule has 2 aromatic rings. The van der Waals surface area contributed by atoms with E-state index in [1.807, 2.05) is 38.2 Å². The van der Waals surface area contributed by atoms with Crippen LogP contribution < -0.4 is 15.0 Å². The molecule has 2 N–H and O–H groups in total. The first kappa shape index (κ1) is 18.4. The molecule has 0 spiro atoms. The van der Waals surface area contributed by atoms with Crippen LogP contribution in [0, 0.1) is 10.1 Å². The number of carbonyl (C=O) groups excluding carboxylic acids is 1. The third-order valence-electron chi connectivity index (χ3n) is 3.58. The standard InChI is InChI=1S/C18H21N3O4/c1-3-25-15-10-8-14(9-11-15)12-20(2)13-18(22)19-16-6-4-5-7-17(16)21(23)24/h4-11H,3,12-13H2,1-2H3,(H,19,22)/p+1. The van der Waals surface area contributed by atoms with Crippen molar-refractivity contribution in [2.45, 2.75) is 13.5 Å². The Morgan fingerprint density at radius 3 is 2.52 bits per heavy atom. The number of para-hydroxylation sites is 2. The van der Waals surface area contributed by atoms with Gasteiger partial charge < -0.3 is 15.0 Å². The van der Waals surface area contributed by atoms with Crippen LogP contribution in [-0.2, 0) is 11.3 Å². The van der Waals surface area contributed by atoms with Gasteiger partial charge in [-0.3, -0.25) is 14.9 Å². The van der Waals surface area contributed by atoms with Crippen molar-refractivity contribution < 1.29 is 19.4 Å². The van der Waals surface area contributed by atoms with Crippen LogP contribution in [0.15, 0.2) is 48.5 Å². The fourth-order valence-electron chi connectivity index (χ4n) is 2.49. The molecule has 0 saturated carbocycles. The smallest absolute Gasteiger partial charge is 0.292 e. The van der Waals surface area contributed by atoms with E-state index >= 15 is 0 Å². The predicted octanol–water partition coefficient (Wildman–Crippen LogP) is 1.65. The molecule has 0 fully saturated rings. The van der Waals surface area contributed by atoms with Gasteiger partial charge in [-0.25, -0.2) is 0 Å². The van der Waals surface area contributed by atoms with Crippen molar-refractivity contribution in [3.8, 4) is 5.75 Å². The van der Waals surface area contributed by atoms with Crippen molar-refractivity contribution in [1.82, 2.24) is 0 Å². The minimum absolute atomic E-state index is 0.111. The van der Waals surface area contributed by atoms with Gasteiger partial charge in [-0.05, 0) is 37.3 Å². The minimum atomic E-state index is -0.508. The van der Waals surface area contributed by atoms with Crippen molar-refractivity contribution >= 4 is 17.3 Å². The van der Waals surface area contributed by atoms with Crippen LogP contribution in [0.5, 0.6) is 5.75 Å². The lowest BCUT2D eigenvalue weighted by Gasteiger charge is -2.14. The lowest BCUT2D eigenvalue weighted by atomic mass is 10.2. The molecule has 0 aliphatic rings. The Bertz CT molecular complexity index is 731. The van der Waals surface area contributed by atoms with Gasteiger partial charge in [-0.15, -0.1) is 0 Å². The van der Waals surface area contributed by atoms with Gasteiger partial charge in [0.25, 0.3) is 11.6 Å². The third-order valence-corrected chi connectivity index (χ3v) is 3.58. The van der Waals surface area contributed by atoms with Crippen LogP contribution in [-0.4, -0.2) is 31.0 Å². The van der Waals surface area contributed by atoms with Gasteiger partial charge in [0.05, 0.1) is 18.6 Å². The van der Waals surface area contributed by atoms with Crippen molar-refractivity contribution in [3.05, 3.63) is 64.2 Å². The predicted molar refractivity (Wildman–Crippen MR) is 94.8 cm³/mol. The number of benzene rings is 2. The first-order chi connectivity index (χ1) is 12.0. The number of amides is 1. The summed E-state index contributed by atoms with van der Waals surface area (Å²) in [6, 6.07) is 13.8. The molecule has 0 radical (unpaired) electrons. The number of nitrogens with one attached hydrogen (secondary N) is 2. The molecule has 0 aliphatic heterocycles. The van der Waals surface area contributed by atoms with Crippen molar-refractivity contribution in [3.63, 3.8) is 0 Å². The Morgan fingerprint density at radius 1 is 1.20 bits per heavy atom. The third kappa shape index (κ3) is 5.58. The number of likely N-dealkylation sites (N-methyl/N-ethyl adjacent to an activating group) is 1. The number of nitro groups is 1. The van der Waals surface area contributed by atoms with E-state index < -0.39 is 4.92 Å². The van der Waals surface area contributed by atoms with Crippen LogP contribution in [0.3, 0.4) is 0 Å². The van der Waals surface area contributed by atoms with E-state index in [0.29, 0.717) is 13.2 Å². The first-order valence-electron chi connectivity index (χ1n) is 8.06. The summed E-state index contributed by atoms with van der Waals surface area (Å²) < 4.78 is 5.40. The fraction of sp³-hybridized carbons (Fsp3) is 0.278. The Balaban J connectivity index is 1.91.